The van der Waals surface area contributed by atoms with Gasteiger partial charge in [0.05, 0.1) is 16.0 Å². The van der Waals surface area contributed by atoms with E-state index < -0.39 is 17.7 Å². The topological polar surface area (TPSA) is 57.6 Å². The molecule has 3 rings (SSSR count). The van der Waals surface area contributed by atoms with Crippen molar-refractivity contribution in [2.45, 2.75) is 19.0 Å². The maximum Gasteiger partial charge on any atom is 0.416 e. The number of alkyl halides is 3. The number of aromatic carboxylic acids is 1. The maximum atomic E-state index is 12.8. The van der Waals surface area contributed by atoms with Gasteiger partial charge in [0, 0.05) is 6.54 Å². The van der Waals surface area contributed by atoms with Crippen LogP contribution in [-0.2, 0) is 17.4 Å². The monoisotopic (exact) mass is 451 g/mol. The van der Waals surface area contributed by atoms with Gasteiger partial charge in [-0.15, -0.1) is 0 Å². The van der Waals surface area contributed by atoms with Gasteiger partial charge in [0.2, 0.25) is 0 Å². The first-order valence-electron chi connectivity index (χ1n) is 8.90. The summed E-state index contributed by atoms with van der Waals surface area (Å²) in [6.45, 7) is 0.302. The zero-order valence-electron chi connectivity index (χ0n) is 15.5. The van der Waals surface area contributed by atoms with Crippen molar-refractivity contribution in [3.63, 3.8) is 0 Å². The van der Waals surface area contributed by atoms with Gasteiger partial charge in [-0.2, -0.15) is 13.2 Å². The summed E-state index contributed by atoms with van der Waals surface area (Å²) < 4.78 is 38.8. The number of aryl methyl sites for hydroxylation is 1. The van der Waals surface area contributed by atoms with Crippen LogP contribution < -0.4 is 0 Å². The van der Waals surface area contributed by atoms with E-state index in [0.29, 0.717) is 39.7 Å². The number of carbonyl (C=O) groups is 2. The Labute approximate surface area is 180 Å². The molecule has 0 saturated carbocycles. The Morgan fingerprint density at radius 1 is 1.17 bits per heavy atom. The van der Waals surface area contributed by atoms with E-state index in [4.69, 9.17) is 17.3 Å². The summed E-state index contributed by atoms with van der Waals surface area (Å²) in [5.41, 5.74) is 0.672. The van der Waals surface area contributed by atoms with Crippen LogP contribution in [0.2, 0.25) is 0 Å². The number of halogens is 3. The van der Waals surface area contributed by atoms with E-state index >= 15 is 0 Å². The lowest BCUT2D eigenvalue weighted by atomic mass is 10.1. The third kappa shape index (κ3) is 5.28. The highest BCUT2D eigenvalue weighted by Gasteiger charge is 2.32. The largest absolute Gasteiger partial charge is 0.478 e. The van der Waals surface area contributed by atoms with Crippen LogP contribution in [-0.4, -0.2) is 32.7 Å². The second-order valence-corrected chi connectivity index (χ2v) is 8.24. The van der Waals surface area contributed by atoms with Crippen molar-refractivity contribution in [3.8, 4) is 0 Å². The summed E-state index contributed by atoms with van der Waals surface area (Å²) in [5.74, 6) is -1.30. The van der Waals surface area contributed by atoms with E-state index in [1.54, 1.807) is 24.3 Å². The molecular weight excluding hydrogens is 435 g/mol. The number of rotatable bonds is 6. The Kier molecular flexibility index (Phi) is 6.62. The molecule has 156 valence electrons. The Bertz CT molecular complexity index is 1020. The molecule has 1 saturated heterocycles. The fourth-order valence-electron chi connectivity index (χ4n) is 2.91. The first-order chi connectivity index (χ1) is 14.1. The summed E-state index contributed by atoms with van der Waals surface area (Å²) in [4.78, 5) is 25.4. The first-order valence-corrected chi connectivity index (χ1v) is 10.1. The van der Waals surface area contributed by atoms with Crippen molar-refractivity contribution < 1.29 is 27.9 Å². The number of carbonyl (C=O) groups excluding carboxylic acids is 1. The van der Waals surface area contributed by atoms with Gasteiger partial charge in [0.1, 0.15) is 4.32 Å². The van der Waals surface area contributed by atoms with Crippen LogP contribution in [0.15, 0.2) is 53.4 Å². The Morgan fingerprint density at radius 3 is 2.50 bits per heavy atom. The van der Waals surface area contributed by atoms with Gasteiger partial charge in [0.15, 0.2) is 0 Å². The highest BCUT2D eigenvalue weighted by molar-refractivity contribution is 8.26. The Hall–Kier alpha value is -2.65. The molecule has 30 heavy (non-hydrogen) atoms. The molecular formula is C21H16F3NO3S2. The van der Waals surface area contributed by atoms with Crippen molar-refractivity contribution in [2.75, 3.05) is 6.54 Å². The second-order valence-electron chi connectivity index (χ2n) is 6.56. The number of carboxylic acid groups (broad SMARTS) is 1. The molecule has 0 aromatic heterocycles. The lowest BCUT2D eigenvalue weighted by Gasteiger charge is -2.14. The van der Waals surface area contributed by atoms with Gasteiger partial charge in [0.25, 0.3) is 5.91 Å². The predicted octanol–water partition coefficient (Wildman–Crippen LogP) is 5.24. The molecule has 1 aliphatic rings. The molecule has 0 spiro atoms. The molecule has 2 aromatic carbocycles. The average molecular weight is 451 g/mol. The number of nitrogens with zero attached hydrogens (tertiary/aromatic N) is 1. The van der Waals surface area contributed by atoms with Crippen LogP contribution in [0, 0.1) is 0 Å². The zero-order valence-corrected chi connectivity index (χ0v) is 17.1. The highest BCUT2D eigenvalue weighted by Crippen LogP contribution is 2.33. The molecule has 1 amide bonds. The number of amides is 1. The SMILES string of the molecule is O=C(O)c1ccc(/C=C2\SC(=S)N(CCCc3cccc(C(F)(F)F)c3)C2=O)cc1. The van der Waals surface area contributed by atoms with Gasteiger partial charge < -0.3 is 5.11 Å². The Balaban J connectivity index is 1.62. The van der Waals surface area contributed by atoms with E-state index in [9.17, 15) is 22.8 Å². The van der Waals surface area contributed by atoms with E-state index in [1.165, 1.54) is 23.1 Å². The van der Waals surface area contributed by atoms with Gasteiger partial charge in [-0.05, 0) is 48.2 Å². The molecule has 1 fully saturated rings. The molecule has 9 heteroatoms. The number of hydrogen-bond acceptors (Lipinski definition) is 4. The number of carboxylic acids is 1. The summed E-state index contributed by atoms with van der Waals surface area (Å²) in [6.07, 6.45) is -1.90. The summed E-state index contributed by atoms with van der Waals surface area (Å²) in [5, 5.41) is 8.94. The minimum absolute atomic E-state index is 0.147. The van der Waals surface area contributed by atoms with Crippen molar-refractivity contribution in [1.82, 2.24) is 4.90 Å². The summed E-state index contributed by atoms with van der Waals surface area (Å²) in [6, 6.07) is 11.2. The number of thiocarbonyl (C=S) groups is 1. The van der Waals surface area contributed by atoms with Gasteiger partial charge >= 0.3 is 12.1 Å². The normalized spacial score (nSPS) is 15.8. The fraction of sp³-hybridized carbons (Fsp3) is 0.190. The maximum absolute atomic E-state index is 12.8. The predicted molar refractivity (Wildman–Crippen MR) is 113 cm³/mol. The molecule has 1 N–H and O–H groups in total. The van der Waals surface area contributed by atoms with Crippen LogP contribution in [0.25, 0.3) is 6.08 Å². The third-order valence-electron chi connectivity index (χ3n) is 4.43. The zero-order chi connectivity index (χ0) is 21.9. The minimum atomic E-state index is -4.39. The van der Waals surface area contributed by atoms with Crippen molar-refractivity contribution in [3.05, 3.63) is 75.7 Å². The number of hydrogen-bond donors (Lipinski definition) is 1. The minimum Gasteiger partial charge on any atom is -0.478 e. The second kappa shape index (κ2) is 9.01. The molecule has 0 bridgehead atoms. The Morgan fingerprint density at radius 2 is 1.87 bits per heavy atom. The standard InChI is InChI=1S/C21H16F3NO3S2/c22-21(23,24)16-5-1-3-13(11-16)4-2-10-25-18(26)17(30-20(25)29)12-14-6-8-15(9-7-14)19(27)28/h1,3,5-9,11-12H,2,4,10H2,(H,27,28)/b17-12-. The van der Waals surface area contributed by atoms with Crippen LogP contribution in [0.1, 0.15) is 33.5 Å². The molecule has 1 aliphatic heterocycles. The molecule has 0 aliphatic carbocycles. The number of benzene rings is 2. The lowest BCUT2D eigenvalue weighted by Crippen LogP contribution is -2.29. The summed E-state index contributed by atoms with van der Waals surface area (Å²) >= 11 is 6.41. The molecule has 0 radical (unpaired) electrons. The van der Waals surface area contributed by atoms with E-state index in [0.717, 1.165) is 23.9 Å². The van der Waals surface area contributed by atoms with Gasteiger partial charge in [-0.25, -0.2) is 4.79 Å². The molecule has 0 atom stereocenters. The molecule has 1 heterocycles. The molecule has 4 nitrogen and oxygen atoms in total. The van der Waals surface area contributed by atoms with Crippen molar-refractivity contribution in [2.24, 2.45) is 0 Å². The third-order valence-corrected chi connectivity index (χ3v) is 5.81. The van der Waals surface area contributed by atoms with E-state index in [1.807, 2.05) is 0 Å². The van der Waals surface area contributed by atoms with Crippen LogP contribution in [0.4, 0.5) is 13.2 Å². The fourth-order valence-corrected chi connectivity index (χ4v) is 4.22. The smallest absolute Gasteiger partial charge is 0.416 e. The molecule has 2 aromatic rings. The van der Waals surface area contributed by atoms with Gasteiger partial charge in [-0.1, -0.05) is 54.3 Å². The quantitative estimate of drug-likeness (QED) is 0.481. The number of thioether (sulfide) groups is 1. The van der Waals surface area contributed by atoms with Gasteiger partial charge in [-0.3, -0.25) is 9.69 Å². The lowest BCUT2D eigenvalue weighted by molar-refractivity contribution is -0.137. The molecule has 0 unspecified atom stereocenters. The van der Waals surface area contributed by atoms with Crippen molar-refractivity contribution >= 4 is 46.3 Å². The summed E-state index contributed by atoms with van der Waals surface area (Å²) in [7, 11) is 0. The van der Waals surface area contributed by atoms with Crippen molar-refractivity contribution in [1.29, 1.82) is 0 Å². The van der Waals surface area contributed by atoms with Crippen LogP contribution in [0.5, 0.6) is 0 Å². The van der Waals surface area contributed by atoms with Crippen LogP contribution >= 0.6 is 24.0 Å². The highest BCUT2D eigenvalue weighted by atomic mass is 32.2. The average Bonchev–Trinajstić information content (AvgIpc) is 2.95. The first kappa shape index (κ1) is 22.0. The van der Waals surface area contributed by atoms with E-state index in [-0.39, 0.29) is 11.5 Å². The van der Waals surface area contributed by atoms with Crippen LogP contribution in [0.3, 0.4) is 0 Å². The van der Waals surface area contributed by atoms with E-state index in [2.05, 4.69) is 0 Å².